The molecule has 148 valence electrons. The largest absolute Gasteiger partial charge is 0.483 e. The van der Waals surface area contributed by atoms with Crippen molar-refractivity contribution in [2.75, 3.05) is 18.5 Å². The summed E-state index contributed by atoms with van der Waals surface area (Å²) in [5.41, 5.74) is 2.97. The van der Waals surface area contributed by atoms with Crippen LogP contribution in [0.15, 0.2) is 46.9 Å². The van der Waals surface area contributed by atoms with Gasteiger partial charge in [-0.3, -0.25) is 4.79 Å². The van der Waals surface area contributed by atoms with E-state index in [4.69, 9.17) is 4.74 Å². The highest BCUT2D eigenvalue weighted by Gasteiger charge is 2.08. The summed E-state index contributed by atoms with van der Waals surface area (Å²) in [5.74, 6) is 0.564. The van der Waals surface area contributed by atoms with E-state index in [1.54, 1.807) is 0 Å². The molecule has 0 aromatic heterocycles. The molecule has 4 nitrogen and oxygen atoms in total. The van der Waals surface area contributed by atoms with Gasteiger partial charge in [0.15, 0.2) is 6.61 Å². The van der Waals surface area contributed by atoms with Gasteiger partial charge in [0.05, 0.1) is 0 Å². The van der Waals surface area contributed by atoms with Gasteiger partial charge in [-0.05, 0) is 50.2 Å². The number of halogens is 2. The van der Waals surface area contributed by atoms with Gasteiger partial charge in [0.25, 0.3) is 5.91 Å². The number of aryl methyl sites for hydroxylation is 1. The Labute approximate surface area is 176 Å². The Balaban J connectivity index is 0.00000364. The smallest absolute Gasteiger partial charge is 0.262 e. The Morgan fingerprint density at radius 3 is 2.56 bits per heavy atom. The number of unbranched alkanes of at least 4 members (excludes halogenated alkanes) is 2. The minimum Gasteiger partial charge on any atom is -0.483 e. The summed E-state index contributed by atoms with van der Waals surface area (Å²) in [7, 11) is 0. The third-order valence-corrected chi connectivity index (χ3v) is 4.48. The molecule has 1 amide bonds. The standard InChI is InChI=1S/C21H27BrN2O2.ClH/c1-3-4-5-12-23-14-17-13-18(22)8-11-20(17)26-15-21(25)24-19-9-6-16(2)7-10-19;/h6-11,13,23H,3-5,12,14-15H2,1-2H3,(H,24,25);1H. The van der Waals surface area contributed by atoms with Crippen LogP contribution in [0.2, 0.25) is 0 Å². The van der Waals surface area contributed by atoms with Crippen molar-refractivity contribution in [3.05, 3.63) is 58.1 Å². The lowest BCUT2D eigenvalue weighted by molar-refractivity contribution is -0.118. The number of anilines is 1. The molecule has 0 atom stereocenters. The summed E-state index contributed by atoms with van der Waals surface area (Å²) < 4.78 is 6.75. The highest BCUT2D eigenvalue weighted by molar-refractivity contribution is 9.10. The monoisotopic (exact) mass is 454 g/mol. The van der Waals surface area contributed by atoms with Crippen molar-refractivity contribution in [3.8, 4) is 5.75 Å². The summed E-state index contributed by atoms with van der Waals surface area (Å²) in [6, 6.07) is 13.6. The van der Waals surface area contributed by atoms with Crippen LogP contribution in [0.4, 0.5) is 5.69 Å². The molecule has 2 N–H and O–H groups in total. The fourth-order valence-electron chi connectivity index (χ4n) is 2.53. The fourth-order valence-corrected chi connectivity index (χ4v) is 2.94. The normalized spacial score (nSPS) is 10.2. The van der Waals surface area contributed by atoms with Crippen molar-refractivity contribution in [1.29, 1.82) is 0 Å². The van der Waals surface area contributed by atoms with Gasteiger partial charge in [-0.2, -0.15) is 0 Å². The molecule has 0 saturated carbocycles. The molecule has 6 heteroatoms. The lowest BCUT2D eigenvalue weighted by atomic mass is 10.2. The first kappa shape index (κ1) is 23.5. The zero-order valence-corrected chi connectivity index (χ0v) is 18.3. The topological polar surface area (TPSA) is 50.4 Å². The van der Waals surface area contributed by atoms with Crippen molar-refractivity contribution in [2.45, 2.75) is 39.7 Å². The van der Waals surface area contributed by atoms with E-state index in [0.29, 0.717) is 0 Å². The third kappa shape index (κ3) is 8.78. The quantitative estimate of drug-likeness (QED) is 0.467. The van der Waals surface area contributed by atoms with Crippen LogP contribution in [-0.2, 0) is 11.3 Å². The van der Waals surface area contributed by atoms with Crippen molar-refractivity contribution in [1.82, 2.24) is 5.32 Å². The second kappa shape index (κ2) is 12.8. The highest BCUT2D eigenvalue weighted by Crippen LogP contribution is 2.23. The van der Waals surface area contributed by atoms with Gasteiger partial charge in [0.1, 0.15) is 5.75 Å². The Hall–Kier alpha value is -1.56. The maximum Gasteiger partial charge on any atom is 0.262 e. The first-order chi connectivity index (χ1) is 12.6. The van der Waals surface area contributed by atoms with Gasteiger partial charge >= 0.3 is 0 Å². The van der Waals surface area contributed by atoms with Crippen LogP contribution in [0.25, 0.3) is 0 Å². The second-order valence-electron chi connectivity index (χ2n) is 6.34. The predicted octanol–water partition coefficient (Wildman–Crippen LogP) is 5.48. The molecule has 0 saturated heterocycles. The van der Waals surface area contributed by atoms with Gasteiger partial charge < -0.3 is 15.4 Å². The Kier molecular flexibility index (Phi) is 11.1. The van der Waals surface area contributed by atoms with E-state index < -0.39 is 0 Å². The third-order valence-electron chi connectivity index (χ3n) is 3.99. The van der Waals surface area contributed by atoms with Gasteiger partial charge in [0.2, 0.25) is 0 Å². The van der Waals surface area contributed by atoms with Gasteiger partial charge in [-0.25, -0.2) is 0 Å². The average molecular weight is 456 g/mol. The molecular weight excluding hydrogens is 428 g/mol. The van der Waals surface area contributed by atoms with Gasteiger partial charge in [-0.15, -0.1) is 12.4 Å². The minimum atomic E-state index is -0.168. The van der Waals surface area contributed by atoms with E-state index in [-0.39, 0.29) is 24.9 Å². The predicted molar refractivity (Wildman–Crippen MR) is 118 cm³/mol. The van der Waals surface area contributed by atoms with Crippen LogP contribution in [0.3, 0.4) is 0 Å². The maximum absolute atomic E-state index is 12.1. The lowest BCUT2D eigenvalue weighted by Crippen LogP contribution is -2.21. The zero-order valence-electron chi connectivity index (χ0n) is 15.9. The molecule has 0 unspecified atom stereocenters. The average Bonchev–Trinajstić information content (AvgIpc) is 2.63. The molecule has 0 aliphatic heterocycles. The number of rotatable bonds is 10. The van der Waals surface area contributed by atoms with E-state index in [2.05, 4.69) is 33.5 Å². The van der Waals surface area contributed by atoms with Crippen molar-refractivity contribution < 1.29 is 9.53 Å². The minimum absolute atomic E-state index is 0. The summed E-state index contributed by atoms with van der Waals surface area (Å²) in [6.45, 7) is 5.89. The SMILES string of the molecule is CCCCCNCc1cc(Br)ccc1OCC(=O)Nc1ccc(C)cc1.Cl. The van der Waals surface area contributed by atoms with Crippen LogP contribution in [0.5, 0.6) is 5.75 Å². The maximum atomic E-state index is 12.1. The first-order valence-electron chi connectivity index (χ1n) is 9.07. The van der Waals surface area contributed by atoms with E-state index in [1.165, 1.54) is 19.3 Å². The fraction of sp³-hybridized carbons (Fsp3) is 0.381. The van der Waals surface area contributed by atoms with Crippen LogP contribution in [0, 0.1) is 6.92 Å². The van der Waals surface area contributed by atoms with Gasteiger partial charge in [-0.1, -0.05) is 53.4 Å². The zero-order chi connectivity index (χ0) is 18.8. The number of ether oxygens (including phenoxy) is 1. The summed E-state index contributed by atoms with van der Waals surface area (Å²) in [4.78, 5) is 12.1. The summed E-state index contributed by atoms with van der Waals surface area (Å²) in [6.07, 6.45) is 3.61. The molecule has 2 aromatic carbocycles. The van der Waals surface area contributed by atoms with Crippen molar-refractivity contribution in [2.24, 2.45) is 0 Å². The van der Waals surface area contributed by atoms with Crippen LogP contribution in [0.1, 0.15) is 37.3 Å². The van der Waals surface area contributed by atoms with Crippen LogP contribution in [-0.4, -0.2) is 19.1 Å². The number of carbonyl (C=O) groups is 1. The van der Waals surface area contributed by atoms with Crippen molar-refractivity contribution in [3.63, 3.8) is 0 Å². The Morgan fingerprint density at radius 1 is 1.11 bits per heavy atom. The Morgan fingerprint density at radius 2 is 1.85 bits per heavy atom. The number of nitrogens with one attached hydrogen (secondary N) is 2. The molecule has 2 aromatic rings. The van der Waals surface area contributed by atoms with Gasteiger partial charge in [0, 0.05) is 22.3 Å². The Bertz CT molecular complexity index is 708. The highest BCUT2D eigenvalue weighted by atomic mass is 79.9. The van der Waals surface area contributed by atoms with E-state index >= 15 is 0 Å². The number of carbonyl (C=O) groups excluding carboxylic acids is 1. The molecule has 0 bridgehead atoms. The van der Waals surface area contributed by atoms with Crippen LogP contribution >= 0.6 is 28.3 Å². The van der Waals surface area contributed by atoms with E-state index in [9.17, 15) is 4.79 Å². The second-order valence-corrected chi connectivity index (χ2v) is 7.25. The molecule has 0 aliphatic rings. The lowest BCUT2D eigenvalue weighted by Gasteiger charge is -2.13. The molecule has 0 radical (unpaired) electrons. The molecule has 2 rings (SSSR count). The van der Waals surface area contributed by atoms with Crippen LogP contribution < -0.4 is 15.4 Å². The number of benzene rings is 2. The number of hydrogen-bond acceptors (Lipinski definition) is 3. The summed E-state index contributed by atoms with van der Waals surface area (Å²) >= 11 is 3.50. The van der Waals surface area contributed by atoms with Crippen molar-refractivity contribution >= 4 is 39.9 Å². The molecule has 0 fully saturated rings. The molecule has 0 aliphatic carbocycles. The number of amides is 1. The molecule has 27 heavy (non-hydrogen) atoms. The molecule has 0 spiro atoms. The summed E-state index contributed by atoms with van der Waals surface area (Å²) in [5, 5.41) is 6.28. The first-order valence-corrected chi connectivity index (χ1v) is 9.86. The van der Waals surface area contributed by atoms with E-state index in [1.807, 2.05) is 49.4 Å². The van der Waals surface area contributed by atoms with E-state index in [0.717, 1.165) is 40.1 Å². The molecule has 0 heterocycles. The number of hydrogen-bond donors (Lipinski definition) is 2. The molecular formula is C21H28BrClN2O2.